The Morgan fingerprint density at radius 1 is 1.32 bits per heavy atom. The summed E-state index contributed by atoms with van der Waals surface area (Å²) in [5, 5.41) is 0. The Hall–Kier alpha value is -1.03. The highest BCUT2D eigenvalue weighted by atomic mass is 79.9. The minimum absolute atomic E-state index is 0.250. The lowest BCUT2D eigenvalue weighted by atomic mass is 9.94. The fourth-order valence-corrected chi connectivity index (χ4v) is 3.37. The predicted molar refractivity (Wildman–Crippen MR) is 80.6 cm³/mol. The fourth-order valence-electron chi connectivity index (χ4n) is 2.69. The van der Waals surface area contributed by atoms with E-state index in [9.17, 15) is 4.79 Å². The van der Waals surface area contributed by atoms with Crippen LogP contribution in [-0.4, -0.2) is 19.2 Å². The van der Waals surface area contributed by atoms with Crippen molar-refractivity contribution < 1.29 is 9.53 Å². The Balaban J connectivity index is 2.33. The van der Waals surface area contributed by atoms with Gasteiger partial charge in [-0.1, -0.05) is 25.3 Å². The Morgan fingerprint density at radius 3 is 2.58 bits per heavy atom. The largest absolute Gasteiger partial charge is 0.452 e. The maximum atomic E-state index is 12.1. The molecule has 0 aliphatic heterocycles. The molecule has 1 aromatic carbocycles. The summed E-state index contributed by atoms with van der Waals surface area (Å²) in [4.78, 5) is 13.9. The van der Waals surface area contributed by atoms with E-state index in [1.807, 2.05) is 30.0 Å². The van der Waals surface area contributed by atoms with Crippen molar-refractivity contribution in [2.75, 3.05) is 12.0 Å². The number of nitrogens with zero attached hydrogens (tertiary/aromatic N) is 1. The first-order chi connectivity index (χ1) is 9.13. The highest BCUT2D eigenvalue weighted by Crippen LogP contribution is 2.33. The molecule has 0 aromatic heterocycles. The van der Waals surface area contributed by atoms with Gasteiger partial charge in [0.15, 0.2) is 0 Å². The van der Waals surface area contributed by atoms with Gasteiger partial charge in [-0.3, -0.25) is 4.90 Å². The normalized spacial score (nSPS) is 16.2. The van der Waals surface area contributed by atoms with E-state index in [-0.39, 0.29) is 12.1 Å². The number of anilines is 1. The number of methoxy groups -OCH3 is 1. The molecule has 19 heavy (non-hydrogen) atoms. The number of aryl methyl sites for hydroxylation is 1. The van der Waals surface area contributed by atoms with Crippen LogP contribution in [0.15, 0.2) is 22.7 Å². The van der Waals surface area contributed by atoms with Crippen LogP contribution in [0.4, 0.5) is 10.5 Å². The fraction of sp³-hybridized carbons (Fsp3) is 0.533. The van der Waals surface area contributed by atoms with Crippen LogP contribution in [0, 0.1) is 6.92 Å². The van der Waals surface area contributed by atoms with Crippen LogP contribution in [0.5, 0.6) is 0 Å². The lowest BCUT2D eigenvalue weighted by molar-refractivity contribution is 0.173. The van der Waals surface area contributed by atoms with Crippen molar-refractivity contribution in [3.05, 3.63) is 28.2 Å². The van der Waals surface area contributed by atoms with Gasteiger partial charge in [-0.25, -0.2) is 4.79 Å². The monoisotopic (exact) mass is 325 g/mol. The minimum Gasteiger partial charge on any atom is -0.452 e. The molecule has 1 aromatic rings. The molecule has 1 fully saturated rings. The number of ether oxygens (including phenoxy) is 1. The average Bonchev–Trinajstić information content (AvgIpc) is 2.42. The summed E-state index contributed by atoms with van der Waals surface area (Å²) in [5.41, 5.74) is 2.08. The van der Waals surface area contributed by atoms with Crippen molar-refractivity contribution in [2.24, 2.45) is 0 Å². The van der Waals surface area contributed by atoms with Crippen LogP contribution in [0.25, 0.3) is 0 Å². The Morgan fingerprint density at radius 2 is 2.00 bits per heavy atom. The van der Waals surface area contributed by atoms with Crippen LogP contribution in [0.3, 0.4) is 0 Å². The first-order valence-corrected chi connectivity index (χ1v) is 7.56. The molecular weight excluding hydrogens is 306 g/mol. The summed E-state index contributed by atoms with van der Waals surface area (Å²) >= 11 is 3.56. The van der Waals surface area contributed by atoms with Gasteiger partial charge in [0.25, 0.3) is 0 Å². The van der Waals surface area contributed by atoms with Gasteiger partial charge in [0.05, 0.1) is 12.8 Å². The van der Waals surface area contributed by atoms with Gasteiger partial charge in [0.2, 0.25) is 0 Å². The van der Waals surface area contributed by atoms with Crippen molar-refractivity contribution in [1.82, 2.24) is 0 Å². The second-order valence-corrected chi connectivity index (χ2v) is 5.94. The summed E-state index contributed by atoms with van der Waals surface area (Å²) in [6, 6.07) is 6.30. The molecule has 1 aliphatic carbocycles. The second kappa shape index (κ2) is 6.42. The van der Waals surface area contributed by atoms with Crippen LogP contribution in [0.1, 0.15) is 37.7 Å². The molecule has 0 spiro atoms. The van der Waals surface area contributed by atoms with E-state index >= 15 is 0 Å². The van der Waals surface area contributed by atoms with Gasteiger partial charge in [-0.15, -0.1) is 0 Å². The van der Waals surface area contributed by atoms with Gasteiger partial charge in [0, 0.05) is 10.5 Å². The summed E-state index contributed by atoms with van der Waals surface area (Å²) in [6.45, 7) is 2.04. The molecule has 104 valence electrons. The Bertz CT molecular complexity index is 455. The maximum absolute atomic E-state index is 12.1. The molecule has 1 aliphatic rings. The quantitative estimate of drug-likeness (QED) is 0.791. The Kier molecular flexibility index (Phi) is 4.86. The predicted octanol–water partition coefficient (Wildman–Crippen LogP) is 4.66. The third-order valence-corrected chi connectivity index (χ3v) is 4.31. The molecule has 0 N–H and O–H groups in total. The first-order valence-electron chi connectivity index (χ1n) is 6.77. The molecule has 1 saturated carbocycles. The molecular formula is C15H20BrNO2. The van der Waals surface area contributed by atoms with Crippen LogP contribution in [0.2, 0.25) is 0 Å². The third kappa shape index (κ3) is 3.30. The average molecular weight is 326 g/mol. The van der Waals surface area contributed by atoms with E-state index in [1.165, 1.54) is 31.9 Å². The molecule has 0 saturated heterocycles. The third-order valence-electron chi connectivity index (χ3n) is 3.67. The lowest BCUT2D eigenvalue weighted by Crippen LogP contribution is -2.41. The van der Waals surface area contributed by atoms with Crippen molar-refractivity contribution in [3.8, 4) is 0 Å². The molecule has 2 rings (SSSR count). The molecule has 0 bridgehead atoms. The molecule has 0 radical (unpaired) electrons. The van der Waals surface area contributed by atoms with E-state index in [2.05, 4.69) is 15.9 Å². The highest BCUT2D eigenvalue weighted by Gasteiger charge is 2.28. The molecule has 0 unspecified atom stereocenters. The number of benzene rings is 1. The van der Waals surface area contributed by atoms with Crippen molar-refractivity contribution in [2.45, 2.75) is 45.1 Å². The van der Waals surface area contributed by atoms with E-state index < -0.39 is 0 Å². The van der Waals surface area contributed by atoms with Gasteiger partial charge < -0.3 is 4.74 Å². The van der Waals surface area contributed by atoms with Gasteiger partial charge in [-0.05, 0) is 53.4 Å². The number of carbonyl (C=O) groups is 1. The van der Waals surface area contributed by atoms with Crippen LogP contribution < -0.4 is 4.90 Å². The lowest BCUT2D eigenvalue weighted by Gasteiger charge is -2.33. The van der Waals surface area contributed by atoms with Gasteiger partial charge in [0.1, 0.15) is 0 Å². The van der Waals surface area contributed by atoms with Crippen molar-refractivity contribution in [1.29, 1.82) is 0 Å². The highest BCUT2D eigenvalue weighted by molar-refractivity contribution is 9.10. The van der Waals surface area contributed by atoms with Crippen LogP contribution >= 0.6 is 15.9 Å². The molecule has 1 amide bonds. The zero-order chi connectivity index (χ0) is 13.8. The summed E-state index contributed by atoms with van der Waals surface area (Å²) in [7, 11) is 1.44. The minimum atomic E-state index is -0.267. The molecule has 0 heterocycles. The van der Waals surface area contributed by atoms with Gasteiger partial charge in [-0.2, -0.15) is 0 Å². The number of hydrogen-bond donors (Lipinski definition) is 0. The number of rotatable bonds is 2. The SMILES string of the molecule is COC(=O)N(c1ccc(C)cc1Br)C1CCCCC1. The van der Waals surface area contributed by atoms with E-state index in [0.29, 0.717) is 0 Å². The standard InChI is InChI=1S/C15H20BrNO2/c1-11-8-9-14(13(16)10-11)17(15(18)19-2)12-6-4-3-5-7-12/h8-10,12H,3-7H2,1-2H3. The van der Waals surface area contributed by atoms with Crippen molar-refractivity contribution in [3.63, 3.8) is 0 Å². The topological polar surface area (TPSA) is 29.5 Å². The van der Waals surface area contributed by atoms with Crippen molar-refractivity contribution >= 4 is 27.7 Å². The smallest absolute Gasteiger partial charge is 0.414 e. The zero-order valence-corrected chi connectivity index (χ0v) is 13.1. The second-order valence-electron chi connectivity index (χ2n) is 5.09. The van der Waals surface area contributed by atoms with E-state index in [4.69, 9.17) is 4.74 Å². The molecule has 3 nitrogen and oxygen atoms in total. The number of carbonyl (C=O) groups excluding carboxylic acids is 1. The number of amides is 1. The van der Waals surface area contributed by atoms with Crippen LogP contribution in [-0.2, 0) is 4.74 Å². The summed E-state index contributed by atoms with van der Waals surface area (Å²) < 4.78 is 5.92. The molecule has 0 atom stereocenters. The van der Waals surface area contributed by atoms with E-state index in [0.717, 1.165) is 23.0 Å². The number of hydrogen-bond acceptors (Lipinski definition) is 2. The van der Waals surface area contributed by atoms with Gasteiger partial charge >= 0.3 is 6.09 Å². The zero-order valence-electron chi connectivity index (χ0n) is 11.5. The molecule has 4 heteroatoms. The number of halogens is 1. The first kappa shape index (κ1) is 14.4. The summed E-state index contributed by atoms with van der Waals surface area (Å²) in [6.07, 6.45) is 5.46. The summed E-state index contributed by atoms with van der Waals surface area (Å²) in [5.74, 6) is 0. The van der Waals surface area contributed by atoms with E-state index in [1.54, 1.807) is 0 Å². The maximum Gasteiger partial charge on any atom is 0.414 e. The Labute approximate surface area is 123 Å².